The van der Waals surface area contributed by atoms with Crippen molar-refractivity contribution < 1.29 is 17.6 Å². The number of primary amides is 1. The van der Waals surface area contributed by atoms with Crippen molar-refractivity contribution in [1.82, 2.24) is 5.32 Å². The molecule has 8 heteroatoms. The van der Waals surface area contributed by atoms with Crippen molar-refractivity contribution in [2.45, 2.75) is 37.2 Å². The Bertz CT molecular complexity index is 707. The highest BCUT2D eigenvalue weighted by atomic mass is 32.2. The van der Waals surface area contributed by atoms with E-state index >= 15 is 0 Å². The summed E-state index contributed by atoms with van der Waals surface area (Å²) in [6.07, 6.45) is -0.693. The third-order valence-corrected chi connectivity index (χ3v) is 6.49. The average Bonchev–Trinajstić information content (AvgIpc) is 2.51. The minimum atomic E-state index is -3.37. The molecule has 0 aromatic heterocycles. The van der Waals surface area contributed by atoms with Crippen LogP contribution in [0.15, 0.2) is 18.2 Å². The second kappa shape index (κ2) is 5.60. The van der Waals surface area contributed by atoms with E-state index < -0.39 is 38.5 Å². The van der Waals surface area contributed by atoms with Gasteiger partial charge in [0.05, 0.1) is 17.2 Å². The third-order valence-electron chi connectivity index (χ3n) is 4.29. The van der Waals surface area contributed by atoms with Gasteiger partial charge in [0, 0.05) is 16.7 Å². The number of hydrogen-bond acceptors (Lipinski definition) is 5. The lowest BCUT2D eigenvalue weighted by atomic mass is 9.87. The Morgan fingerprint density at radius 3 is 2.68 bits per heavy atom. The number of sulfone groups is 1. The molecule has 1 aromatic rings. The zero-order chi connectivity index (χ0) is 16.7. The summed E-state index contributed by atoms with van der Waals surface area (Å²) in [5.41, 5.74) is 10.5. The fourth-order valence-corrected chi connectivity index (χ4v) is 4.21. The van der Waals surface area contributed by atoms with Gasteiger partial charge in [-0.25, -0.2) is 12.8 Å². The molecule has 3 atom stereocenters. The molecule has 1 aliphatic heterocycles. The molecule has 0 aliphatic carbocycles. The molecule has 2 rings (SSSR count). The van der Waals surface area contributed by atoms with Gasteiger partial charge in [0.25, 0.3) is 0 Å². The zero-order valence-electron chi connectivity index (χ0n) is 12.5. The van der Waals surface area contributed by atoms with Gasteiger partial charge in [-0.1, -0.05) is 0 Å². The van der Waals surface area contributed by atoms with E-state index in [2.05, 4.69) is 5.32 Å². The summed E-state index contributed by atoms with van der Waals surface area (Å²) in [6, 6.07) is 3.79. The maximum absolute atomic E-state index is 14.2. The maximum Gasteiger partial charge on any atom is 0.248 e. The molecule has 1 aliphatic rings. The molecule has 0 spiro atoms. The summed E-state index contributed by atoms with van der Waals surface area (Å²) in [5.74, 6) is -1.34. The molecule has 22 heavy (non-hydrogen) atoms. The van der Waals surface area contributed by atoms with Crippen LogP contribution < -0.4 is 16.8 Å². The first kappa shape index (κ1) is 16.9. The third kappa shape index (κ3) is 2.99. The van der Waals surface area contributed by atoms with Crippen LogP contribution in [-0.2, 0) is 15.4 Å². The van der Waals surface area contributed by atoms with Crippen LogP contribution in [0.2, 0.25) is 0 Å². The van der Waals surface area contributed by atoms with Crippen LogP contribution in [0.3, 0.4) is 0 Å². The highest BCUT2D eigenvalue weighted by molar-refractivity contribution is 7.92. The Balaban J connectivity index is 2.51. The van der Waals surface area contributed by atoms with Gasteiger partial charge in [-0.3, -0.25) is 10.1 Å². The number of hydrogen-bond donors (Lipinski definition) is 3. The Hall–Kier alpha value is -1.51. The largest absolute Gasteiger partial charge is 0.366 e. The predicted octanol–water partition coefficient (Wildman–Crippen LogP) is 0.221. The van der Waals surface area contributed by atoms with Crippen molar-refractivity contribution in [2.75, 3.05) is 5.75 Å². The number of nitrogens with one attached hydrogen (secondary N) is 1. The Kier molecular flexibility index (Phi) is 4.29. The summed E-state index contributed by atoms with van der Waals surface area (Å²) in [6.45, 7) is 3.19. The van der Waals surface area contributed by atoms with Gasteiger partial charge in [-0.15, -0.1) is 0 Å². The number of nitrogens with two attached hydrogens (primary N) is 2. The zero-order valence-corrected chi connectivity index (χ0v) is 13.3. The van der Waals surface area contributed by atoms with Crippen LogP contribution in [0, 0.1) is 5.82 Å². The van der Waals surface area contributed by atoms with Crippen molar-refractivity contribution >= 4 is 15.7 Å². The lowest BCUT2D eigenvalue weighted by Crippen LogP contribution is -2.54. The lowest BCUT2D eigenvalue weighted by Gasteiger charge is -2.33. The average molecular weight is 329 g/mol. The quantitative estimate of drug-likeness (QED) is 0.718. The molecule has 0 radical (unpaired) electrons. The molecular formula is C14H20FN3O3S. The van der Waals surface area contributed by atoms with E-state index in [1.54, 1.807) is 6.92 Å². The molecule has 1 heterocycles. The molecule has 0 saturated carbocycles. The normalized spacial score (nSPS) is 31.5. The maximum atomic E-state index is 14.2. The number of halogens is 1. The minimum absolute atomic E-state index is 0.119. The van der Waals surface area contributed by atoms with Crippen molar-refractivity contribution in [3.63, 3.8) is 0 Å². The van der Waals surface area contributed by atoms with Crippen LogP contribution in [-0.4, -0.2) is 31.5 Å². The molecule has 122 valence electrons. The number of carbonyl (C=O) groups excluding carboxylic acids is 1. The van der Waals surface area contributed by atoms with E-state index in [1.165, 1.54) is 19.1 Å². The van der Waals surface area contributed by atoms with Gasteiger partial charge in [0.1, 0.15) is 5.82 Å². The standard InChI is InChI=1S/C14H20FN3O3S/c1-8-12(16)18-14(2,5-6-22(8,20)21)10-7-9(13(17)19)3-4-11(10)15/h3-4,7-8,12,18H,5-6,16H2,1-2H3,(H2,17,19)/t8-,12?,14?/m0/s1. The minimum Gasteiger partial charge on any atom is -0.366 e. The predicted molar refractivity (Wildman–Crippen MR) is 81.2 cm³/mol. The molecule has 2 unspecified atom stereocenters. The first-order chi connectivity index (χ1) is 10.1. The van der Waals surface area contributed by atoms with Crippen LogP contribution in [0.4, 0.5) is 4.39 Å². The summed E-state index contributed by atoms with van der Waals surface area (Å²) in [4.78, 5) is 11.3. The Morgan fingerprint density at radius 2 is 2.09 bits per heavy atom. The topological polar surface area (TPSA) is 115 Å². The highest BCUT2D eigenvalue weighted by Gasteiger charge is 2.40. The fraction of sp³-hybridized carbons (Fsp3) is 0.500. The van der Waals surface area contributed by atoms with Crippen LogP contribution in [0.25, 0.3) is 0 Å². The van der Waals surface area contributed by atoms with Gasteiger partial charge in [-0.05, 0) is 38.5 Å². The molecule has 0 bridgehead atoms. The molecular weight excluding hydrogens is 309 g/mol. The van der Waals surface area contributed by atoms with E-state index in [0.29, 0.717) is 0 Å². The fourth-order valence-electron chi connectivity index (χ4n) is 2.63. The first-order valence-electron chi connectivity index (χ1n) is 6.91. The first-order valence-corrected chi connectivity index (χ1v) is 8.63. The van der Waals surface area contributed by atoms with E-state index in [4.69, 9.17) is 11.5 Å². The number of benzene rings is 1. The highest BCUT2D eigenvalue weighted by Crippen LogP contribution is 2.32. The van der Waals surface area contributed by atoms with Crippen molar-refractivity contribution in [3.05, 3.63) is 35.1 Å². The molecule has 1 fully saturated rings. The summed E-state index contributed by atoms with van der Waals surface area (Å²) in [7, 11) is -3.37. The van der Waals surface area contributed by atoms with Crippen molar-refractivity contribution in [2.24, 2.45) is 11.5 Å². The monoisotopic (exact) mass is 329 g/mol. The van der Waals surface area contributed by atoms with Crippen molar-refractivity contribution in [3.8, 4) is 0 Å². The van der Waals surface area contributed by atoms with E-state index in [9.17, 15) is 17.6 Å². The molecule has 1 saturated heterocycles. The summed E-state index contributed by atoms with van der Waals surface area (Å²) in [5, 5.41) is 2.21. The van der Waals surface area contributed by atoms with Gasteiger partial charge in [0.2, 0.25) is 5.91 Å². The van der Waals surface area contributed by atoms with E-state index in [-0.39, 0.29) is 23.3 Å². The Morgan fingerprint density at radius 1 is 1.45 bits per heavy atom. The molecule has 5 N–H and O–H groups in total. The van der Waals surface area contributed by atoms with Gasteiger partial charge in [0.15, 0.2) is 9.84 Å². The van der Waals surface area contributed by atoms with Crippen LogP contribution in [0.5, 0.6) is 0 Å². The SMILES string of the molecule is C[C@H]1C(N)NC(C)(c2cc(C(N)=O)ccc2F)CCS1(=O)=O. The molecule has 1 aromatic carbocycles. The smallest absolute Gasteiger partial charge is 0.248 e. The number of amides is 1. The van der Waals surface area contributed by atoms with Gasteiger partial charge in [-0.2, -0.15) is 0 Å². The molecule has 1 amide bonds. The second-order valence-electron chi connectivity index (χ2n) is 5.88. The summed E-state index contributed by atoms with van der Waals surface area (Å²) >= 11 is 0. The lowest BCUT2D eigenvalue weighted by molar-refractivity contribution is 0.1000. The van der Waals surface area contributed by atoms with Gasteiger partial charge < -0.3 is 11.5 Å². The second-order valence-corrected chi connectivity index (χ2v) is 8.36. The summed E-state index contributed by atoms with van der Waals surface area (Å²) < 4.78 is 38.4. The van der Waals surface area contributed by atoms with Crippen LogP contribution in [0.1, 0.15) is 36.2 Å². The Labute approximate surface area is 129 Å². The van der Waals surface area contributed by atoms with Crippen molar-refractivity contribution in [1.29, 1.82) is 0 Å². The van der Waals surface area contributed by atoms with Crippen LogP contribution >= 0.6 is 0 Å². The molecule has 6 nitrogen and oxygen atoms in total. The van der Waals surface area contributed by atoms with E-state index in [1.807, 2.05) is 0 Å². The van der Waals surface area contributed by atoms with E-state index in [0.717, 1.165) is 6.07 Å². The number of carbonyl (C=O) groups is 1. The number of rotatable bonds is 2. The van der Waals surface area contributed by atoms with Gasteiger partial charge >= 0.3 is 0 Å².